The van der Waals surface area contributed by atoms with E-state index in [9.17, 15) is 14.0 Å². The number of amides is 2. The lowest BCUT2D eigenvalue weighted by molar-refractivity contribution is -0.122. The minimum absolute atomic E-state index is 0.240. The van der Waals surface area contributed by atoms with E-state index in [1.807, 2.05) is 0 Å². The molecule has 0 N–H and O–H groups in total. The highest BCUT2D eigenvalue weighted by atomic mass is 79.9. The Hall–Kier alpha value is -2.32. The van der Waals surface area contributed by atoms with Gasteiger partial charge in [-0.2, -0.15) is 0 Å². The van der Waals surface area contributed by atoms with Crippen molar-refractivity contribution in [3.63, 3.8) is 0 Å². The quantitative estimate of drug-likeness (QED) is 0.546. The molecule has 2 aromatic carbocycles. The van der Waals surface area contributed by atoms with Crippen LogP contribution in [-0.4, -0.2) is 29.7 Å². The lowest BCUT2D eigenvalue weighted by Gasteiger charge is -2.14. The van der Waals surface area contributed by atoms with Crippen molar-refractivity contribution >= 4 is 44.9 Å². The lowest BCUT2D eigenvalue weighted by atomic mass is 10.1. The molecular weight excluding hydrogens is 449 g/mol. The summed E-state index contributed by atoms with van der Waals surface area (Å²) >= 11 is 4.38. The van der Waals surface area contributed by atoms with Crippen molar-refractivity contribution in [2.24, 2.45) is 0 Å². The summed E-state index contributed by atoms with van der Waals surface area (Å²) in [6.07, 6.45) is 1.65. The molecule has 28 heavy (non-hydrogen) atoms. The monoisotopic (exact) mass is 465 g/mol. The number of hydrogen-bond acceptors (Lipinski definition) is 5. The first-order valence-corrected chi connectivity index (χ1v) is 10.0. The fourth-order valence-electron chi connectivity index (χ4n) is 2.62. The van der Waals surface area contributed by atoms with Crippen LogP contribution in [0.5, 0.6) is 11.5 Å². The van der Waals surface area contributed by atoms with Crippen molar-refractivity contribution < 1.29 is 23.5 Å². The van der Waals surface area contributed by atoms with Gasteiger partial charge in [0.2, 0.25) is 0 Å². The number of benzene rings is 2. The predicted octanol–water partition coefficient (Wildman–Crippen LogP) is 5.23. The molecule has 8 heteroatoms. The fourth-order valence-corrected chi connectivity index (χ4v) is 4.10. The molecule has 0 aliphatic carbocycles. The summed E-state index contributed by atoms with van der Waals surface area (Å²) in [4.78, 5) is 25.7. The van der Waals surface area contributed by atoms with Crippen LogP contribution in [0.4, 0.5) is 9.18 Å². The molecule has 2 aromatic rings. The largest absolute Gasteiger partial charge is 0.493 e. The molecule has 0 spiro atoms. The Bertz CT molecular complexity index is 946. The van der Waals surface area contributed by atoms with Crippen molar-refractivity contribution in [1.82, 2.24) is 4.90 Å². The van der Waals surface area contributed by atoms with Crippen LogP contribution in [0.2, 0.25) is 0 Å². The number of thioether (sulfide) groups is 1. The number of likely N-dealkylation sites (N-methyl/N-ethyl adjacent to an activating group) is 1. The van der Waals surface area contributed by atoms with E-state index >= 15 is 0 Å². The van der Waals surface area contributed by atoms with E-state index in [1.54, 1.807) is 37.3 Å². The average Bonchev–Trinajstić information content (AvgIpc) is 2.94. The molecule has 2 amide bonds. The van der Waals surface area contributed by atoms with Gasteiger partial charge in [0.25, 0.3) is 11.1 Å². The summed E-state index contributed by atoms with van der Waals surface area (Å²) in [6.45, 7) is 2.33. The first kappa shape index (κ1) is 20.4. The third-order valence-corrected chi connectivity index (χ3v) is 5.53. The van der Waals surface area contributed by atoms with Crippen molar-refractivity contribution in [1.29, 1.82) is 0 Å². The summed E-state index contributed by atoms with van der Waals surface area (Å²) in [6, 6.07) is 9.55. The molecule has 0 bridgehead atoms. The Kier molecular flexibility index (Phi) is 6.41. The highest BCUT2D eigenvalue weighted by Gasteiger charge is 2.33. The first-order chi connectivity index (χ1) is 13.4. The Morgan fingerprint density at radius 1 is 1.21 bits per heavy atom. The molecule has 0 atom stereocenters. The lowest BCUT2D eigenvalue weighted by Crippen LogP contribution is -2.27. The standard InChI is InChI=1S/C20H17BrFNO4S/c1-3-23-19(24)17(28-20(23)25)10-13-8-15(21)18(16(9-13)26-2)27-11-12-4-6-14(22)7-5-12/h4-10H,3,11H2,1-2H3/b17-10-. The third kappa shape index (κ3) is 4.39. The van der Waals surface area contributed by atoms with Gasteiger partial charge >= 0.3 is 0 Å². The third-order valence-electron chi connectivity index (χ3n) is 4.04. The molecule has 146 valence electrons. The van der Waals surface area contributed by atoms with Crippen LogP contribution in [0, 0.1) is 5.82 Å². The molecule has 5 nitrogen and oxygen atoms in total. The van der Waals surface area contributed by atoms with Crippen LogP contribution in [0.3, 0.4) is 0 Å². The van der Waals surface area contributed by atoms with E-state index in [-0.39, 0.29) is 23.6 Å². The molecule has 0 radical (unpaired) electrons. The van der Waals surface area contributed by atoms with Crippen LogP contribution in [-0.2, 0) is 11.4 Å². The normalized spacial score (nSPS) is 15.4. The van der Waals surface area contributed by atoms with Crippen LogP contribution >= 0.6 is 27.7 Å². The van der Waals surface area contributed by atoms with Gasteiger partial charge in [0.05, 0.1) is 16.5 Å². The number of carbonyl (C=O) groups excluding carboxylic acids is 2. The Morgan fingerprint density at radius 3 is 2.54 bits per heavy atom. The molecule has 1 saturated heterocycles. The fraction of sp³-hybridized carbons (Fsp3) is 0.200. The maximum absolute atomic E-state index is 13.0. The van der Waals surface area contributed by atoms with Gasteiger partial charge in [-0.15, -0.1) is 0 Å². The molecule has 0 unspecified atom stereocenters. The summed E-state index contributed by atoms with van der Waals surface area (Å²) in [5.74, 6) is 0.353. The highest BCUT2D eigenvalue weighted by Crippen LogP contribution is 2.39. The molecule has 1 aliphatic heterocycles. The SMILES string of the molecule is CCN1C(=O)S/C(=C\c2cc(Br)c(OCc3ccc(F)cc3)c(OC)c2)C1=O. The van der Waals surface area contributed by atoms with Crippen molar-refractivity contribution in [2.75, 3.05) is 13.7 Å². The maximum Gasteiger partial charge on any atom is 0.293 e. The van der Waals surface area contributed by atoms with Crippen molar-refractivity contribution in [3.05, 3.63) is 62.7 Å². The van der Waals surface area contributed by atoms with E-state index < -0.39 is 0 Å². The van der Waals surface area contributed by atoms with Gasteiger partial charge < -0.3 is 9.47 Å². The number of rotatable bonds is 6. The van der Waals surface area contributed by atoms with Crippen molar-refractivity contribution in [2.45, 2.75) is 13.5 Å². The Labute approximate surface area is 174 Å². The van der Waals surface area contributed by atoms with Gasteiger partial charge in [0.1, 0.15) is 12.4 Å². The predicted molar refractivity (Wildman–Crippen MR) is 110 cm³/mol. The minimum Gasteiger partial charge on any atom is -0.493 e. The van der Waals surface area contributed by atoms with Gasteiger partial charge in [-0.25, -0.2) is 4.39 Å². The number of halogens is 2. The topological polar surface area (TPSA) is 55.8 Å². The number of carbonyl (C=O) groups is 2. The average molecular weight is 466 g/mol. The van der Waals surface area contributed by atoms with Gasteiger partial charge in [0.15, 0.2) is 11.5 Å². The van der Waals surface area contributed by atoms with Gasteiger partial charge in [-0.05, 0) is 76.1 Å². The second kappa shape index (κ2) is 8.79. The Balaban J connectivity index is 1.83. The summed E-state index contributed by atoms with van der Waals surface area (Å²) in [5, 5.41) is -0.274. The van der Waals surface area contributed by atoms with E-state index in [0.717, 1.165) is 17.3 Å². The molecule has 1 heterocycles. The van der Waals surface area contributed by atoms with Gasteiger partial charge in [0, 0.05) is 6.54 Å². The second-order valence-electron chi connectivity index (χ2n) is 5.88. The summed E-state index contributed by atoms with van der Waals surface area (Å²) < 4.78 is 24.9. The molecule has 1 aliphatic rings. The zero-order valence-electron chi connectivity index (χ0n) is 15.2. The number of methoxy groups -OCH3 is 1. The van der Waals surface area contributed by atoms with Gasteiger partial charge in [-0.1, -0.05) is 12.1 Å². The van der Waals surface area contributed by atoms with Crippen molar-refractivity contribution in [3.8, 4) is 11.5 Å². The van der Waals surface area contributed by atoms with E-state index in [0.29, 0.717) is 33.0 Å². The summed E-state index contributed by atoms with van der Waals surface area (Å²) in [7, 11) is 1.52. The van der Waals surface area contributed by atoms with Crippen LogP contribution in [0.1, 0.15) is 18.1 Å². The Morgan fingerprint density at radius 2 is 1.93 bits per heavy atom. The number of ether oxygens (including phenoxy) is 2. The molecule has 3 rings (SSSR count). The number of imide groups is 1. The number of nitrogens with zero attached hydrogens (tertiary/aromatic N) is 1. The zero-order valence-corrected chi connectivity index (χ0v) is 17.6. The van der Waals surface area contributed by atoms with E-state index in [4.69, 9.17) is 9.47 Å². The summed E-state index contributed by atoms with van der Waals surface area (Å²) in [5.41, 5.74) is 1.51. The molecule has 1 fully saturated rings. The maximum atomic E-state index is 13.0. The first-order valence-electron chi connectivity index (χ1n) is 8.43. The van der Waals surface area contributed by atoms with E-state index in [2.05, 4.69) is 15.9 Å². The molecular formula is C20H17BrFNO4S. The van der Waals surface area contributed by atoms with E-state index in [1.165, 1.54) is 24.1 Å². The number of hydrogen-bond donors (Lipinski definition) is 0. The van der Waals surface area contributed by atoms with Crippen LogP contribution < -0.4 is 9.47 Å². The minimum atomic E-state index is -0.306. The smallest absolute Gasteiger partial charge is 0.293 e. The highest BCUT2D eigenvalue weighted by molar-refractivity contribution is 9.10. The molecule has 0 saturated carbocycles. The van der Waals surface area contributed by atoms with Gasteiger partial charge in [-0.3, -0.25) is 14.5 Å². The molecule has 0 aromatic heterocycles. The zero-order chi connectivity index (χ0) is 20.3. The second-order valence-corrected chi connectivity index (χ2v) is 7.72. The van der Waals surface area contributed by atoms with Crippen LogP contribution in [0.15, 0.2) is 45.8 Å². The van der Waals surface area contributed by atoms with Crippen LogP contribution in [0.25, 0.3) is 6.08 Å².